The standard InChI is InChI=1S/C39H73O8P/c1-3-5-7-9-11-13-15-17-19-21-23-25-27-29-31-33-38(40)45-35-37(36-46-48(42,43)44)47-39(41)34-32-30-28-26-24-22-20-18-16-14-12-10-8-6-4-2/h12,14,18,20,37H,3-11,13,15-17,19,21-36H2,1-2H3,(H2,42,43,44)/b14-12+,20-18+. The van der Waals surface area contributed by atoms with E-state index in [4.69, 9.17) is 19.3 Å². The summed E-state index contributed by atoms with van der Waals surface area (Å²) in [6, 6.07) is 0. The Morgan fingerprint density at radius 2 is 0.938 bits per heavy atom. The van der Waals surface area contributed by atoms with Crippen molar-refractivity contribution in [3.05, 3.63) is 24.3 Å². The van der Waals surface area contributed by atoms with Crippen LogP contribution in [0.25, 0.3) is 0 Å². The second-order valence-electron chi connectivity index (χ2n) is 13.3. The van der Waals surface area contributed by atoms with Crippen LogP contribution in [0.2, 0.25) is 0 Å². The highest BCUT2D eigenvalue weighted by Gasteiger charge is 2.22. The molecule has 0 saturated carbocycles. The van der Waals surface area contributed by atoms with Crippen LogP contribution in [-0.2, 0) is 28.2 Å². The molecule has 9 heteroatoms. The van der Waals surface area contributed by atoms with E-state index in [0.29, 0.717) is 6.42 Å². The number of ether oxygens (including phenoxy) is 2. The summed E-state index contributed by atoms with van der Waals surface area (Å²) in [5.41, 5.74) is 0. The largest absolute Gasteiger partial charge is 0.469 e. The monoisotopic (exact) mass is 701 g/mol. The molecule has 1 unspecified atom stereocenters. The van der Waals surface area contributed by atoms with Gasteiger partial charge in [-0.15, -0.1) is 0 Å². The van der Waals surface area contributed by atoms with E-state index < -0.39 is 32.5 Å². The molecule has 0 fully saturated rings. The van der Waals surface area contributed by atoms with Crippen molar-refractivity contribution in [2.75, 3.05) is 13.2 Å². The van der Waals surface area contributed by atoms with Crippen LogP contribution in [0.15, 0.2) is 24.3 Å². The number of hydrogen-bond donors (Lipinski definition) is 2. The van der Waals surface area contributed by atoms with Gasteiger partial charge in [-0.05, 0) is 44.9 Å². The molecule has 0 radical (unpaired) electrons. The van der Waals surface area contributed by atoms with Gasteiger partial charge >= 0.3 is 19.8 Å². The van der Waals surface area contributed by atoms with E-state index in [1.807, 2.05) is 0 Å². The summed E-state index contributed by atoms with van der Waals surface area (Å²) in [5.74, 6) is -0.894. The van der Waals surface area contributed by atoms with Crippen LogP contribution in [0.4, 0.5) is 0 Å². The number of phosphoric acid groups is 1. The molecular formula is C39H73O8P. The molecule has 1 atom stereocenters. The molecule has 0 heterocycles. The highest BCUT2D eigenvalue weighted by molar-refractivity contribution is 7.46. The van der Waals surface area contributed by atoms with Crippen molar-refractivity contribution in [2.45, 2.75) is 200 Å². The minimum atomic E-state index is -4.75. The van der Waals surface area contributed by atoms with Gasteiger partial charge in [-0.1, -0.05) is 160 Å². The van der Waals surface area contributed by atoms with Gasteiger partial charge < -0.3 is 19.3 Å². The molecule has 2 N–H and O–H groups in total. The quantitative estimate of drug-likeness (QED) is 0.0287. The molecule has 0 rings (SSSR count). The van der Waals surface area contributed by atoms with Gasteiger partial charge in [0, 0.05) is 12.8 Å². The van der Waals surface area contributed by atoms with Crippen LogP contribution in [-0.4, -0.2) is 41.0 Å². The Kier molecular flexibility index (Phi) is 34.3. The smallest absolute Gasteiger partial charge is 0.462 e. The molecule has 0 aromatic heterocycles. The van der Waals surface area contributed by atoms with E-state index in [1.54, 1.807) is 0 Å². The molecular weight excluding hydrogens is 627 g/mol. The van der Waals surface area contributed by atoms with E-state index in [1.165, 1.54) is 103 Å². The summed E-state index contributed by atoms with van der Waals surface area (Å²) in [6.07, 6.45) is 38.9. The SMILES string of the molecule is CCCCC/C=C/C/C=C/CCCCCCCC(=O)OC(COC(=O)CCCCCCCCCCCCCCCCC)COP(=O)(O)O. The fraction of sp³-hybridized carbons (Fsp3) is 0.846. The van der Waals surface area contributed by atoms with Crippen LogP contribution in [0, 0.1) is 0 Å². The molecule has 0 aliphatic rings. The third-order valence-electron chi connectivity index (χ3n) is 8.47. The fourth-order valence-corrected chi connectivity index (χ4v) is 5.88. The molecule has 0 aliphatic carbocycles. The van der Waals surface area contributed by atoms with Crippen molar-refractivity contribution < 1.29 is 37.9 Å². The van der Waals surface area contributed by atoms with Crippen LogP contribution in [0.5, 0.6) is 0 Å². The molecule has 0 saturated heterocycles. The summed E-state index contributed by atoms with van der Waals surface area (Å²) in [7, 11) is -4.75. The van der Waals surface area contributed by atoms with Crippen LogP contribution >= 0.6 is 7.82 Å². The Morgan fingerprint density at radius 1 is 0.542 bits per heavy atom. The van der Waals surface area contributed by atoms with Crippen LogP contribution in [0.1, 0.15) is 194 Å². The van der Waals surface area contributed by atoms with E-state index >= 15 is 0 Å². The summed E-state index contributed by atoms with van der Waals surface area (Å²) in [6.45, 7) is 3.65. The minimum absolute atomic E-state index is 0.198. The maximum Gasteiger partial charge on any atom is 0.469 e. The van der Waals surface area contributed by atoms with Crippen LogP contribution in [0.3, 0.4) is 0 Å². The van der Waals surface area contributed by atoms with Gasteiger partial charge in [0.15, 0.2) is 6.10 Å². The highest BCUT2D eigenvalue weighted by atomic mass is 31.2. The van der Waals surface area contributed by atoms with E-state index in [0.717, 1.165) is 57.8 Å². The first-order valence-corrected chi connectivity index (χ1v) is 21.2. The van der Waals surface area contributed by atoms with Gasteiger partial charge in [0.25, 0.3) is 0 Å². The Bertz CT molecular complexity index is 838. The second-order valence-corrected chi connectivity index (χ2v) is 14.5. The molecule has 282 valence electrons. The first kappa shape index (κ1) is 46.5. The van der Waals surface area contributed by atoms with Gasteiger partial charge in [0.05, 0.1) is 6.61 Å². The van der Waals surface area contributed by atoms with Gasteiger partial charge in [-0.25, -0.2) is 4.57 Å². The molecule has 0 aromatic rings. The number of carbonyl (C=O) groups excluding carboxylic acids is 2. The van der Waals surface area contributed by atoms with Crippen LogP contribution < -0.4 is 0 Å². The minimum Gasteiger partial charge on any atom is -0.462 e. The van der Waals surface area contributed by atoms with E-state index in [9.17, 15) is 14.2 Å². The van der Waals surface area contributed by atoms with Gasteiger partial charge in [0.1, 0.15) is 6.61 Å². The average Bonchev–Trinajstić information content (AvgIpc) is 3.05. The van der Waals surface area contributed by atoms with E-state index in [-0.39, 0.29) is 19.4 Å². The van der Waals surface area contributed by atoms with Crippen molar-refractivity contribution in [3.8, 4) is 0 Å². The Balaban J connectivity index is 3.95. The first-order chi connectivity index (χ1) is 23.3. The molecule has 48 heavy (non-hydrogen) atoms. The number of allylic oxidation sites excluding steroid dienone is 4. The number of phosphoric ester groups is 1. The zero-order chi connectivity index (χ0) is 35.4. The lowest BCUT2D eigenvalue weighted by atomic mass is 10.0. The van der Waals surface area contributed by atoms with Crippen molar-refractivity contribution in [1.29, 1.82) is 0 Å². The summed E-state index contributed by atoms with van der Waals surface area (Å²) in [4.78, 5) is 42.7. The fourth-order valence-electron chi connectivity index (χ4n) is 5.52. The number of rotatable bonds is 36. The second kappa shape index (κ2) is 35.4. The maximum absolute atomic E-state index is 12.4. The van der Waals surface area contributed by atoms with Gasteiger partial charge in [0.2, 0.25) is 0 Å². The number of carbonyl (C=O) groups is 2. The lowest BCUT2D eigenvalue weighted by Crippen LogP contribution is -2.29. The topological polar surface area (TPSA) is 119 Å². The summed E-state index contributed by atoms with van der Waals surface area (Å²) >= 11 is 0. The third kappa shape index (κ3) is 37.4. The lowest BCUT2D eigenvalue weighted by Gasteiger charge is -2.18. The molecule has 8 nitrogen and oxygen atoms in total. The molecule has 0 bridgehead atoms. The average molecular weight is 701 g/mol. The predicted octanol–water partition coefficient (Wildman–Crippen LogP) is 11.6. The normalized spacial score (nSPS) is 12.7. The predicted molar refractivity (Wildman–Crippen MR) is 198 cm³/mol. The molecule has 0 amide bonds. The van der Waals surface area contributed by atoms with Crippen molar-refractivity contribution >= 4 is 19.8 Å². The van der Waals surface area contributed by atoms with Crippen molar-refractivity contribution in [1.82, 2.24) is 0 Å². The maximum atomic E-state index is 12.4. The zero-order valence-electron chi connectivity index (χ0n) is 30.9. The number of esters is 2. The molecule has 0 aromatic carbocycles. The van der Waals surface area contributed by atoms with Crippen molar-refractivity contribution in [2.24, 2.45) is 0 Å². The Morgan fingerprint density at radius 3 is 1.42 bits per heavy atom. The molecule has 0 aliphatic heterocycles. The third-order valence-corrected chi connectivity index (χ3v) is 8.96. The number of hydrogen-bond acceptors (Lipinski definition) is 6. The van der Waals surface area contributed by atoms with Gasteiger partial charge in [-0.3, -0.25) is 14.1 Å². The summed E-state index contributed by atoms with van der Waals surface area (Å²) in [5, 5.41) is 0. The number of unbranched alkanes of at least 4 members (excludes halogenated alkanes) is 22. The Hall–Kier alpha value is -1.47. The van der Waals surface area contributed by atoms with Crippen molar-refractivity contribution in [3.63, 3.8) is 0 Å². The lowest BCUT2D eigenvalue weighted by molar-refractivity contribution is -0.161. The summed E-state index contributed by atoms with van der Waals surface area (Å²) < 4.78 is 26.3. The van der Waals surface area contributed by atoms with E-state index in [2.05, 4.69) is 42.7 Å². The first-order valence-electron chi connectivity index (χ1n) is 19.6. The Labute approximate surface area is 294 Å². The zero-order valence-corrected chi connectivity index (χ0v) is 31.8. The molecule has 0 spiro atoms. The van der Waals surface area contributed by atoms with Gasteiger partial charge in [-0.2, -0.15) is 0 Å². The highest BCUT2D eigenvalue weighted by Crippen LogP contribution is 2.36.